The highest BCUT2D eigenvalue weighted by Crippen LogP contribution is 1.95. The van der Waals surface area contributed by atoms with E-state index >= 15 is 0 Å². The summed E-state index contributed by atoms with van der Waals surface area (Å²) in [5.74, 6) is -3.19. The SMILES string of the molecule is CCN(CCN(CC=O)CCN(CC(=O)O)CC(=O)O)CC(=O)O.CO.O=CO. The number of hydrogen-bond donors (Lipinski definition) is 5. The zero-order valence-electron chi connectivity index (χ0n) is 16.6. The Morgan fingerprint density at radius 1 is 0.724 bits per heavy atom. The van der Waals surface area contributed by atoms with E-state index in [9.17, 15) is 19.2 Å². The first kappa shape index (κ1) is 31.1. The summed E-state index contributed by atoms with van der Waals surface area (Å²) in [6.07, 6.45) is 0.701. The normalized spacial score (nSPS) is 9.86. The summed E-state index contributed by atoms with van der Waals surface area (Å²) in [4.78, 5) is 56.0. The Morgan fingerprint density at radius 3 is 1.34 bits per heavy atom. The summed E-state index contributed by atoms with van der Waals surface area (Å²) in [5, 5.41) is 40.3. The van der Waals surface area contributed by atoms with Gasteiger partial charge in [0.25, 0.3) is 6.47 Å². The monoisotopic (exact) mass is 425 g/mol. The molecule has 0 saturated heterocycles. The van der Waals surface area contributed by atoms with Crippen molar-refractivity contribution in [1.29, 1.82) is 0 Å². The van der Waals surface area contributed by atoms with Crippen LogP contribution >= 0.6 is 0 Å². The van der Waals surface area contributed by atoms with E-state index in [-0.39, 0.29) is 26.1 Å². The van der Waals surface area contributed by atoms with Crippen molar-refractivity contribution in [2.24, 2.45) is 0 Å². The van der Waals surface area contributed by atoms with Gasteiger partial charge in [-0.1, -0.05) is 6.92 Å². The van der Waals surface area contributed by atoms with Crippen molar-refractivity contribution in [2.75, 3.05) is 66.0 Å². The van der Waals surface area contributed by atoms with E-state index in [0.29, 0.717) is 32.5 Å². The second-order valence-corrected chi connectivity index (χ2v) is 5.33. The first-order chi connectivity index (χ1) is 13.7. The molecule has 0 saturated carbocycles. The highest BCUT2D eigenvalue weighted by atomic mass is 16.4. The molecule has 0 aromatic heterocycles. The molecule has 0 spiro atoms. The molecule has 170 valence electrons. The van der Waals surface area contributed by atoms with E-state index < -0.39 is 31.0 Å². The second-order valence-electron chi connectivity index (χ2n) is 5.33. The standard InChI is InChI=1S/C14H25N3O7.CH2O2.CH4O/c1-2-15(9-12(19)20)3-4-16(7-8-18)5-6-17(10-13(21)22)11-14(23)24;2-1-3;1-2/h8H,2-7,9-11H2,1H3,(H,19,20)(H,21,22)(H,23,24);1H,(H,2,3);2H,1H3. The molecule has 0 fully saturated rings. The fourth-order valence-corrected chi connectivity index (χ4v) is 2.10. The lowest BCUT2D eigenvalue weighted by Crippen LogP contribution is -2.43. The number of carbonyl (C=O) groups excluding carboxylic acids is 1. The average Bonchev–Trinajstić information content (AvgIpc) is 2.63. The van der Waals surface area contributed by atoms with Gasteiger partial charge in [0.2, 0.25) is 0 Å². The van der Waals surface area contributed by atoms with Crippen molar-refractivity contribution >= 4 is 30.7 Å². The molecule has 0 aliphatic rings. The maximum atomic E-state index is 10.8. The van der Waals surface area contributed by atoms with Crippen molar-refractivity contribution in [1.82, 2.24) is 14.7 Å². The van der Waals surface area contributed by atoms with Crippen molar-refractivity contribution < 1.29 is 49.5 Å². The van der Waals surface area contributed by atoms with Gasteiger partial charge in [-0.05, 0) is 6.54 Å². The Bertz CT molecular complexity index is 460. The van der Waals surface area contributed by atoms with E-state index in [1.54, 1.807) is 9.80 Å². The predicted octanol–water partition coefficient (Wildman–Crippen LogP) is -2.33. The lowest BCUT2D eigenvalue weighted by atomic mass is 10.3. The predicted molar refractivity (Wildman–Crippen MR) is 101 cm³/mol. The van der Waals surface area contributed by atoms with Crippen LogP contribution in [0, 0.1) is 0 Å². The number of carboxylic acids is 3. The number of aliphatic hydroxyl groups is 1. The molecule has 0 aromatic carbocycles. The van der Waals surface area contributed by atoms with Crippen LogP contribution in [0.25, 0.3) is 0 Å². The summed E-state index contributed by atoms with van der Waals surface area (Å²) in [6.45, 7) is 2.68. The van der Waals surface area contributed by atoms with Gasteiger partial charge in [-0.25, -0.2) is 0 Å². The molecular weight excluding hydrogens is 394 g/mol. The van der Waals surface area contributed by atoms with Gasteiger partial charge in [0.15, 0.2) is 0 Å². The van der Waals surface area contributed by atoms with Crippen LogP contribution in [0.2, 0.25) is 0 Å². The Kier molecular flexibility index (Phi) is 23.3. The molecule has 0 aliphatic heterocycles. The molecule has 0 amide bonds. The van der Waals surface area contributed by atoms with E-state index in [1.165, 1.54) is 4.90 Å². The Hall–Kier alpha value is -2.61. The van der Waals surface area contributed by atoms with Crippen LogP contribution in [0.1, 0.15) is 6.92 Å². The van der Waals surface area contributed by atoms with Crippen molar-refractivity contribution in [3.63, 3.8) is 0 Å². The summed E-state index contributed by atoms with van der Waals surface area (Å²) < 4.78 is 0. The summed E-state index contributed by atoms with van der Waals surface area (Å²) in [6, 6.07) is 0. The maximum Gasteiger partial charge on any atom is 0.317 e. The van der Waals surface area contributed by atoms with Crippen LogP contribution in [0.15, 0.2) is 0 Å². The minimum Gasteiger partial charge on any atom is -0.483 e. The second kappa shape index (κ2) is 21.7. The topological polar surface area (TPSA) is 196 Å². The number of carbonyl (C=O) groups is 5. The number of carboxylic acid groups (broad SMARTS) is 4. The fourth-order valence-electron chi connectivity index (χ4n) is 2.10. The molecule has 13 nitrogen and oxygen atoms in total. The van der Waals surface area contributed by atoms with Crippen LogP contribution in [0.3, 0.4) is 0 Å². The minimum atomic E-state index is -1.13. The third-order valence-electron chi connectivity index (χ3n) is 3.32. The van der Waals surface area contributed by atoms with Gasteiger partial charge >= 0.3 is 17.9 Å². The molecule has 29 heavy (non-hydrogen) atoms. The average molecular weight is 425 g/mol. The van der Waals surface area contributed by atoms with Crippen LogP contribution < -0.4 is 0 Å². The van der Waals surface area contributed by atoms with Gasteiger partial charge in [0.05, 0.1) is 26.2 Å². The zero-order valence-corrected chi connectivity index (χ0v) is 16.6. The number of aldehydes is 1. The van der Waals surface area contributed by atoms with Gasteiger partial charge in [0.1, 0.15) is 6.29 Å². The van der Waals surface area contributed by atoms with E-state index in [2.05, 4.69) is 0 Å². The number of hydrogen-bond acceptors (Lipinski definition) is 9. The molecule has 0 aromatic rings. The lowest BCUT2D eigenvalue weighted by molar-refractivity contribution is -0.142. The summed E-state index contributed by atoms with van der Waals surface area (Å²) >= 11 is 0. The van der Waals surface area contributed by atoms with Crippen LogP contribution in [0.4, 0.5) is 0 Å². The Labute approximate surface area is 168 Å². The zero-order chi connectivity index (χ0) is 23.2. The fraction of sp³-hybridized carbons (Fsp3) is 0.688. The van der Waals surface area contributed by atoms with Gasteiger partial charge in [-0.3, -0.25) is 33.9 Å². The van der Waals surface area contributed by atoms with Crippen LogP contribution in [-0.4, -0.2) is 137 Å². The highest BCUT2D eigenvalue weighted by molar-refractivity contribution is 5.72. The van der Waals surface area contributed by atoms with E-state index in [0.717, 1.165) is 7.11 Å². The number of rotatable bonds is 15. The van der Waals surface area contributed by atoms with Gasteiger partial charge < -0.3 is 30.3 Å². The molecule has 0 radical (unpaired) electrons. The summed E-state index contributed by atoms with van der Waals surface area (Å²) in [7, 11) is 1.00. The lowest BCUT2D eigenvalue weighted by Gasteiger charge is -2.27. The van der Waals surface area contributed by atoms with Gasteiger partial charge in [-0.2, -0.15) is 0 Å². The molecular formula is C16H31N3O10. The first-order valence-electron chi connectivity index (χ1n) is 8.48. The number of likely N-dealkylation sites (N-methyl/N-ethyl adjacent to an activating group) is 1. The molecule has 0 bridgehead atoms. The molecule has 0 atom stereocenters. The molecule has 0 rings (SSSR count). The summed E-state index contributed by atoms with van der Waals surface area (Å²) in [5.41, 5.74) is 0. The van der Waals surface area contributed by atoms with Gasteiger partial charge in [0, 0.05) is 33.3 Å². The largest absolute Gasteiger partial charge is 0.483 e. The molecule has 0 unspecified atom stereocenters. The highest BCUT2D eigenvalue weighted by Gasteiger charge is 2.16. The molecule has 5 N–H and O–H groups in total. The number of aliphatic carboxylic acids is 3. The maximum absolute atomic E-state index is 10.8. The third kappa shape index (κ3) is 23.4. The van der Waals surface area contributed by atoms with E-state index in [4.69, 9.17) is 30.3 Å². The molecule has 0 aliphatic carbocycles. The minimum absolute atomic E-state index is 0.102. The number of nitrogens with zero attached hydrogens (tertiary/aromatic N) is 3. The quantitative estimate of drug-likeness (QED) is 0.175. The Balaban J connectivity index is -0.00000123. The van der Waals surface area contributed by atoms with Crippen molar-refractivity contribution in [2.45, 2.75) is 6.92 Å². The number of aliphatic hydroxyl groups excluding tert-OH is 1. The third-order valence-corrected chi connectivity index (χ3v) is 3.32. The molecule has 0 heterocycles. The Morgan fingerprint density at radius 2 is 1.03 bits per heavy atom. The van der Waals surface area contributed by atoms with Crippen molar-refractivity contribution in [3.8, 4) is 0 Å². The van der Waals surface area contributed by atoms with Crippen LogP contribution in [-0.2, 0) is 24.0 Å². The van der Waals surface area contributed by atoms with Crippen LogP contribution in [0.5, 0.6) is 0 Å². The smallest absolute Gasteiger partial charge is 0.317 e. The first-order valence-corrected chi connectivity index (χ1v) is 8.48. The van der Waals surface area contributed by atoms with Crippen molar-refractivity contribution in [3.05, 3.63) is 0 Å². The molecule has 13 heteroatoms. The van der Waals surface area contributed by atoms with E-state index in [1.807, 2.05) is 6.92 Å². The van der Waals surface area contributed by atoms with Gasteiger partial charge in [-0.15, -0.1) is 0 Å².